The van der Waals surface area contributed by atoms with Crippen LogP contribution in [0.25, 0.3) is 0 Å². The van der Waals surface area contributed by atoms with Crippen molar-refractivity contribution in [3.8, 4) is 0 Å². The molecule has 0 spiro atoms. The molecule has 1 aromatic rings. The maximum Gasteiger partial charge on any atom is 0.556 e. The lowest BCUT2D eigenvalue weighted by molar-refractivity contribution is -0.221. The first kappa shape index (κ1) is 18.9. The summed E-state index contributed by atoms with van der Waals surface area (Å²) in [4.78, 5) is 19.8. The predicted molar refractivity (Wildman–Crippen MR) is 83.4 cm³/mol. The molecule has 0 aromatic heterocycles. The first-order valence-electron chi connectivity index (χ1n) is 6.57. The van der Waals surface area contributed by atoms with E-state index < -0.39 is 24.9 Å². The van der Waals surface area contributed by atoms with E-state index in [9.17, 15) is 9.18 Å². The third kappa shape index (κ3) is 5.56. The molecule has 7 nitrogen and oxygen atoms in total. The molecule has 1 aromatic carbocycles. The maximum atomic E-state index is 13.3. The summed E-state index contributed by atoms with van der Waals surface area (Å²) in [5, 5.41) is 19.7. The third-order valence-electron chi connectivity index (χ3n) is 2.83. The third-order valence-corrected chi connectivity index (χ3v) is 3.77. The van der Waals surface area contributed by atoms with Gasteiger partial charge in [-0.1, -0.05) is 13.0 Å². The van der Waals surface area contributed by atoms with Crippen molar-refractivity contribution in [1.29, 1.82) is 0 Å². The molecule has 1 rings (SSSR count). The smallest absolute Gasteiger partial charge is 0.325 e. The fourth-order valence-corrected chi connectivity index (χ4v) is 2.40. The van der Waals surface area contributed by atoms with Crippen molar-refractivity contribution >= 4 is 35.9 Å². The van der Waals surface area contributed by atoms with Crippen LogP contribution in [-0.2, 0) is 14.4 Å². The fraction of sp³-hybridized carbons (Fsp3) is 0.417. The van der Waals surface area contributed by atoms with E-state index in [0.29, 0.717) is 6.42 Å². The number of anilines is 1. The van der Waals surface area contributed by atoms with Crippen LogP contribution in [0.1, 0.15) is 13.3 Å². The number of halogens is 1. The quantitative estimate of drug-likeness (QED) is 0.230. The highest BCUT2D eigenvalue weighted by Gasteiger charge is 2.27. The number of hydrogen-bond acceptors (Lipinski definition) is 7. The van der Waals surface area contributed by atoms with Gasteiger partial charge in [-0.3, -0.25) is 24.9 Å². The SMILES string of the molecule is CCSCC[C@H](N)C(=O)Nc1cc(F)ccc1B(OO)OO. The fourth-order valence-electron chi connectivity index (χ4n) is 1.69. The van der Waals surface area contributed by atoms with Gasteiger partial charge in [0.05, 0.1) is 6.04 Å². The Bertz CT molecular complexity index is 493. The Morgan fingerprint density at radius 3 is 2.77 bits per heavy atom. The van der Waals surface area contributed by atoms with Gasteiger partial charge in [-0.2, -0.15) is 11.8 Å². The summed E-state index contributed by atoms with van der Waals surface area (Å²) in [6.07, 6.45) is 0.464. The Morgan fingerprint density at radius 1 is 1.50 bits per heavy atom. The largest absolute Gasteiger partial charge is 0.556 e. The molecule has 0 aliphatic carbocycles. The van der Waals surface area contributed by atoms with Gasteiger partial charge in [0.25, 0.3) is 0 Å². The normalized spacial score (nSPS) is 12.0. The van der Waals surface area contributed by atoms with Gasteiger partial charge < -0.3 is 11.1 Å². The van der Waals surface area contributed by atoms with Crippen LogP contribution < -0.4 is 16.5 Å². The van der Waals surface area contributed by atoms with Crippen molar-refractivity contribution in [2.45, 2.75) is 19.4 Å². The van der Waals surface area contributed by atoms with Gasteiger partial charge in [-0.15, -0.1) is 0 Å². The topological polar surface area (TPSA) is 114 Å². The summed E-state index contributed by atoms with van der Waals surface area (Å²) in [7, 11) is -1.58. The van der Waals surface area contributed by atoms with Crippen LogP contribution in [0, 0.1) is 5.82 Å². The van der Waals surface area contributed by atoms with E-state index >= 15 is 0 Å². The van der Waals surface area contributed by atoms with Crippen molar-refractivity contribution in [2.24, 2.45) is 5.73 Å². The molecule has 0 saturated heterocycles. The van der Waals surface area contributed by atoms with Crippen LogP contribution in [0.15, 0.2) is 18.2 Å². The zero-order valence-electron chi connectivity index (χ0n) is 12.0. The number of nitrogens with one attached hydrogen (secondary N) is 1. The van der Waals surface area contributed by atoms with Gasteiger partial charge in [-0.05, 0) is 30.1 Å². The summed E-state index contributed by atoms with van der Waals surface area (Å²) >= 11 is 1.65. The van der Waals surface area contributed by atoms with Crippen LogP contribution in [0.3, 0.4) is 0 Å². The highest BCUT2D eigenvalue weighted by molar-refractivity contribution is 7.99. The molecule has 0 unspecified atom stereocenters. The number of benzene rings is 1. The molecule has 0 heterocycles. The van der Waals surface area contributed by atoms with Crippen molar-refractivity contribution in [1.82, 2.24) is 0 Å². The lowest BCUT2D eigenvalue weighted by atomic mass is 9.78. The second-order valence-corrected chi connectivity index (χ2v) is 5.75. The average Bonchev–Trinajstić information content (AvgIpc) is 2.50. The molecule has 22 heavy (non-hydrogen) atoms. The molecule has 0 bridgehead atoms. The number of hydrogen-bond donors (Lipinski definition) is 4. The Hall–Kier alpha value is -1.17. The molecular weight excluding hydrogens is 314 g/mol. The van der Waals surface area contributed by atoms with Gasteiger partial charge >= 0.3 is 7.12 Å². The number of carbonyl (C=O) groups is 1. The maximum absolute atomic E-state index is 13.3. The van der Waals surface area contributed by atoms with Crippen LogP contribution in [0.2, 0.25) is 0 Å². The molecule has 0 aliphatic rings. The van der Waals surface area contributed by atoms with E-state index in [1.165, 1.54) is 6.07 Å². The Balaban J connectivity index is 2.82. The summed E-state index contributed by atoms with van der Waals surface area (Å²) in [6.45, 7) is 2.00. The minimum absolute atomic E-state index is 0.0169. The van der Waals surface area contributed by atoms with Gasteiger partial charge in [0, 0.05) is 11.2 Å². The molecule has 122 valence electrons. The number of rotatable bonds is 9. The van der Waals surface area contributed by atoms with Crippen molar-refractivity contribution in [3.63, 3.8) is 0 Å². The highest BCUT2D eigenvalue weighted by atomic mass is 32.2. The van der Waals surface area contributed by atoms with E-state index in [1.807, 2.05) is 6.92 Å². The van der Waals surface area contributed by atoms with E-state index in [-0.39, 0.29) is 11.2 Å². The van der Waals surface area contributed by atoms with Crippen LogP contribution in [-0.4, -0.2) is 41.1 Å². The molecule has 1 amide bonds. The zero-order chi connectivity index (χ0) is 16.5. The van der Waals surface area contributed by atoms with E-state index in [4.69, 9.17) is 16.2 Å². The molecular formula is C12H18BFN2O5S. The summed E-state index contributed by atoms with van der Waals surface area (Å²) in [6, 6.07) is 2.50. The molecule has 5 N–H and O–H groups in total. The molecule has 1 atom stereocenters. The molecule has 0 aliphatic heterocycles. The van der Waals surface area contributed by atoms with Crippen molar-refractivity contribution < 1.29 is 29.3 Å². The minimum Gasteiger partial charge on any atom is -0.325 e. The molecule has 0 saturated carbocycles. The second kappa shape index (κ2) is 9.77. The lowest BCUT2D eigenvalue weighted by Gasteiger charge is -2.16. The monoisotopic (exact) mass is 332 g/mol. The van der Waals surface area contributed by atoms with Crippen molar-refractivity contribution in [2.75, 3.05) is 16.8 Å². The molecule has 0 radical (unpaired) electrons. The van der Waals surface area contributed by atoms with Gasteiger partial charge in [-0.25, -0.2) is 4.39 Å². The summed E-state index contributed by atoms with van der Waals surface area (Å²) in [5.41, 5.74) is 5.77. The first-order valence-corrected chi connectivity index (χ1v) is 7.73. The predicted octanol–water partition coefficient (Wildman–Crippen LogP) is 0.909. The summed E-state index contributed by atoms with van der Waals surface area (Å²) in [5.74, 6) is 0.511. The van der Waals surface area contributed by atoms with Gasteiger partial charge in [0.1, 0.15) is 5.82 Å². The number of nitrogens with two attached hydrogens (primary N) is 1. The van der Waals surface area contributed by atoms with Crippen molar-refractivity contribution in [3.05, 3.63) is 24.0 Å². The Labute approximate surface area is 132 Å². The average molecular weight is 332 g/mol. The minimum atomic E-state index is -1.58. The second-order valence-electron chi connectivity index (χ2n) is 4.36. The Morgan fingerprint density at radius 2 is 2.18 bits per heavy atom. The summed E-state index contributed by atoms with van der Waals surface area (Å²) < 4.78 is 13.3. The zero-order valence-corrected chi connectivity index (χ0v) is 12.8. The Kier molecular flexibility index (Phi) is 8.39. The van der Waals surface area contributed by atoms with E-state index in [0.717, 1.165) is 23.6 Å². The highest BCUT2D eigenvalue weighted by Crippen LogP contribution is 2.11. The van der Waals surface area contributed by atoms with Crippen LogP contribution >= 0.6 is 11.8 Å². The van der Waals surface area contributed by atoms with E-state index in [2.05, 4.69) is 14.9 Å². The molecule has 0 fully saturated rings. The first-order chi connectivity index (χ1) is 10.5. The van der Waals surface area contributed by atoms with Crippen LogP contribution in [0.5, 0.6) is 0 Å². The van der Waals surface area contributed by atoms with E-state index in [1.54, 1.807) is 11.8 Å². The lowest BCUT2D eigenvalue weighted by Crippen LogP contribution is -2.41. The number of amides is 1. The number of thioether (sulfide) groups is 1. The van der Waals surface area contributed by atoms with Crippen LogP contribution in [0.4, 0.5) is 10.1 Å². The number of carbonyl (C=O) groups excluding carboxylic acids is 1. The standard InChI is InChI=1S/C12H18BFN2O5S/c1-2-22-6-5-10(15)12(17)16-11-7-8(14)3-4-9(11)13(20-18)21-19/h3-4,7,10,18-19H,2,5-6,15H2,1H3,(H,16,17)/t10-/m0/s1. The van der Waals surface area contributed by atoms with Gasteiger partial charge in [0.2, 0.25) is 5.91 Å². The molecule has 10 heteroatoms. The van der Waals surface area contributed by atoms with Gasteiger partial charge in [0.15, 0.2) is 0 Å².